The molecule has 5 heteroatoms. The lowest BCUT2D eigenvalue weighted by Crippen LogP contribution is -2.43. The van der Waals surface area contributed by atoms with Crippen LogP contribution in [0.5, 0.6) is 0 Å². The number of rotatable bonds is 3. The molecule has 1 aliphatic rings. The fourth-order valence-corrected chi connectivity index (χ4v) is 1.62. The van der Waals surface area contributed by atoms with E-state index in [1.165, 1.54) is 7.11 Å². The largest absolute Gasteiger partial charge is 0.481 e. The van der Waals surface area contributed by atoms with Gasteiger partial charge in [0.2, 0.25) is 5.91 Å². The van der Waals surface area contributed by atoms with Crippen LogP contribution in [0.25, 0.3) is 0 Å². The van der Waals surface area contributed by atoms with E-state index in [2.05, 4.69) is 0 Å². The van der Waals surface area contributed by atoms with Gasteiger partial charge in [-0.05, 0) is 12.8 Å². The van der Waals surface area contributed by atoms with Crippen molar-refractivity contribution < 1.29 is 19.4 Å². The van der Waals surface area contributed by atoms with Gasteiger partial charge < -0.3 is 14.7 Å². The molecule has 0 aromatic heterocycles. The summed E-state index contributed by atoms with van der Waals surface area (Å²) in [6, 6.07) is 0. The predicted molar refractivity (Wildman–Crippen MR) is 48.8 cm³/mol. The van der Waals surface area contributed by atoms with Gasteiger partial charge in [-0.15, -0.1) is 0 Å². The Morgan fingerprint density at radius 1 is 1.57 bits per heavy atom. The number of carbonyl (C=O) groups excluding carboxylic acids is 1. The van der Waals surface area contributed by atoms with E-state index < -0.39 is 11.9 Å². The molecule has 80 valence electrons. The molecule has 0 bridgehead atoms. The molecule has 0 aromatic carbocycles. The van der Waals surface area contributed by atoms with Gasteiger partial charge in [0.15, 0.2) is 0 Å². The fourth-order valence-electron chi connectivity index (χ4n) is 1.62. The quantitative estimate of drug-likeness (QED) is 0.695. The van der Waals surface area contributed by atoms with Gasteiger partial charge in [0.25, 0.3) is 0 Å². The van der Waals surface area contributed by atoms with Crippen LogP contribution >= 0.6 is 0 Å². The van der Waals surface area contributed by atoms with Crippen molar-refractivity contribution in [3.63, 3.8) is 0 Å². The highest BCUT2D eigenvalue weighted by Crippen LogP contribution is 2.16. The molecular weight excluding hydrogens is 186 g/mol. The molecule has 1 rings (SSSR count). The zero-order chi connectivity index (χ0) is 10.6. The van der Waals surface area contributed by atoms with E-state index in [1.807, 2.05) is 0 Å². The SMILES string of the molecule is COCC(=O)N1CCC[C@H](C(=O)O)C1. The molecule has 1 fully saturated rings. The highest BCUT2D eigenvalue weighted by atomic mass is 16.5. The first-order chi connectivity index (χ1) is 6.65. The third-order valence-corrected chi connectivity index (χ3v) is 2.39. The summed E-state index contributed by atoms with van der Waals surface area (Å²) in [6.45, 7) is 0.996. The van der Waals surface area contributed by atoms with Crippen LogP contribution < -0.4 is 0 Å². The minimum Gasteiger partial charge on any atom is -0.481 e. The van der Waals surface area contributed by atoms with E-state index in [-0.39, 0.29) is 12.5 Å². The number of ether oxygens (including phenoxy) is 1. The van der Waals surface area contributed by atoms with E-state index in [9.17, 15) is 9.59 Å². The summed E-state index contributed by atoms with van der Waals surface area (Å²) in [6.07, 6.45) is 1.42. The van der Waals surface area contributed by atoms with Crippen LogP contribution in [0.15, 0.2) is 0 Å². The minimum absolute atomic E-state index is 0.0341. The highest BCUT2D eigenvalue weighted by Gasteiger charge is 2.27. The van der Waals surface area contributed by atoms with E-state index in [0.717, 1.165) is 6.42 Å². The molecule has 0 saturated carbocycles. The van der Waals surface area contributed by atoms with Crippen LogP contribution in [-0.2, 0) is 14.3 Å². The topological polar surface area (TPSA) is 66.8 Å². The number of carbonyl (C=O) groups is 2. The second-order valence-corrected chi connectivity index (χ2v) is 3.45. The molecule has 1 N–H and O–H groups in total. The second kappa shape index (κ2) is 4.95. The van der Waals surface area contributed by atoms with Crippen molar-refractivity contribution >= 4 is 11.9 Å². The Kier molecular flexibility index (Phi) is 3.88. The average molecular weight is 201 g/mol. The van der Waals surface area contributed by atoms with Gasteiger partial charge >= 0.3 is 5.97 Å². The van der Waals surface area contributed by atoms with Gasteiger partial charge in [0.05, 0.1) is 5.92 Å². The van der Waals surface area contributed by atoms with Gasteiger partial charge in [0.1, 0.15) is 6.61 Å². The van der Waals surface area contributed by atoms with Crippen molar-refractivity contribution in [1.82, 2.24) is 4.90 Å². The smallest absolute Gasteiger partial charge is 0.308 e. The minimum atomic E-state index is -0.820. The molecule has 5 nitrogen and oxygen atoms in total. The van der Waals surface area contributed by atoms with Gasteiger partial charge in [-0.1, -0.05) is 0 Å². The molecule has 0 aromatic rings. The Morgan fingerprint density at radius 3 is 2.86 bits per heavy atom. The van der Waals surface area contributed by atoms with E-state index >= 15 is 0 Å². The number of carboxylic acid groups (broad SMARTS) is 1. The monoisotopic (exact) mass is 201 g/mol. The first-order valence-electron chi connectivity index (χ1n) is 4.64. The van der Waals surface area contributed by atoms with Crippen molar-refractivity contribution in [3.8, 4) is 0 Å². The number of amides is 1. The van der Waals surface area contributed by atoms with E-state index in [4.69, 9.17) is 9.84 Å². The lowest BCUT2D eigenvalue weighted by Gasteiger charge is -2.30. The van der Waals surface area contributed by atoms with Crippen LogP contribution in [-0.4, -0.2) is 48.7 Å². The molecule has 0 spiro atoms. The molecule has 1 heterocycles. The van der Waals surface area contributed by atoms with Crippen molar-refractivity contribution in [2.45, 2.75) is 12.8 Å². The predicted octanol–water partition coefficient (Wildman–Crippen LogP) is -0.0440. The summed E-state index contributed by atoms with van der Waals surface area (Å²) >= 11 is 0. The lowest BCUT2D eigenvalue weighted by molar-refractivity contribution is -0.146. The van der Waals surface area contributed by atoms with Crippen LogP contribution in [0.3, 0.4) is 0 Å². The number of hydrogen-bond acceptors (Lipinski definition) is 3. The van der Waals surface area contributed by atoms with Crippen molar-refractivity contribution in [3.05, 3.63) is 0 Å². The summed E-state index contributed by atoms with van der Waals surface area (Å²) in [5.41, 5.74) is 0. The average Bonchev–Trinajstić information content (AvgIpc) is 2.18. The lowest BCUT2D eigenvalue weighted by atomic mass is 9.98. The number of carboxylic acids is 1. The summed E-state index contributed by atoms with van der Waals surface area (Å²) in [5, 5.41) is 8.80. The summed E-state index contributed by atoms with van der Waals surface area (Å²) in [7, 11) is 1.45. The van der Waals surface area contributed by atoms with Crippen LogP contribution in [0.1, 0.15) is 12.8 Å². The molecular formula is C9H15NO4. The Balaban J connectivity index is 2.47. The van der Waals surface area contributed by atoms with E-state index in [0.29, 0.717) is 19.5 Å². The maximum absolute atomic E-state index is 11.4. The fraction of sp³-hybridized carbons (Fsp3) is 0.778. The van der Waals surface area contributed by atoms with Gasteiger partial charge in [0, 0.05) is 20.2 Å². The number of hydrogen-bond donors (Lipinski definition) is 1. The standard InChI is InChI=1S/C9H15NO4/c1-14-6-8(11)10-4-2-3-7(5-10)9(12)13/h7H,2-6H2,1H3,(H,12,13)/t7-/m0/s1. The number of likely N-dealkylation sites (tertiary alicyclic amines) is 1. The number of piperidine rings is 1. The molecule has 0 unspecified atom stereocenters. The van der Waals surface area contributed by atoms with Crippen molar-refractivity contribution in [1.29, 1.82) is 0 Å². The highest BCUT2D eigenvalue weighted by molar-refractivity contribution is 5.79. The first kappa shape index (κ1) is 11.0. The van der Waals surface area contributed by atoms with Crippen LogP contribution in [0.4, 0.5) is 0 Å². The Morgan fingerprint density at radius 2 is 2.29 bits per heavy atom. The summed E-state index contributed by atoms with van der Waals surface area (Å²) in [4.78, 5) is 23.6. The third-order valence-electron chi connectivity index (χ3n) is 2.39. The maximum atomic E-state index is 11.4. The molecule has 0 radical (unpaired) electrons. The number of aliphatic carboxylic acids is 1. The van der Waals surface area contributed by atoms with Crippen LogP contribution in [0, 0.1) is 5.92 Å². The molecule has 1 aliphatic heterocycles. The van der Waals surface area contributed by atoms with E-state index in [1.54, 1.807) is 4.90 Å². The molecule has 14 heavy (non-hydrogen) atoms. The molecule has 0 aliphatic carbocycles. The normalized spacial score (nSPS) is 22.1. The van der Waals surface area contributed by atoms with Crippen LogP contribution in [0.2, 0.25) is 0 Å². The molecule has 1 amide bonds. The zero-order valence-corrected chi connectivity index (χ0v) is 8.23. The van der Waals surface area contributed by atoms with Crippen molar-refractivity contribution in [2.24, 2.45) is 5.92 Å². The third kappa shape index (κ3) is 2.70. The summed E-state index contributed by atoms with van der Waals surface area (Å²) < 4.78 is 4.71. The van der Waals surface area contributed by atoms with Gasteiger partial charge in [-0.3, -0.25) is 9.59 Å². The Bertz CT molecular complexity index is 229. The number of methoxy groups -OCH3 is 1. The van der Waals surface area contributed by atoms with Gasteiger partial charge in [-0.25, -0.2) is 0 Å². The number of nitrogens with zero attached hydrogens (tertiary/aromatic N) is 1. The first-order valence-corrected chi connectivity index (χ1v) is 4.64. The second-order valence-electron chi connectivity index (χ2n) is 3.45. The van der Waals surface area contributed by atoms with Gasteiger partial charge in [-0.2, -0.15) is 0 Å². The molecule has 1 saturated heterocycles. The van der Waals surface area contributed by atoms with Crippen molar-refractivity contribution in [2.75, 3.05) is 26.8 Å². The Hall–Kier alpha value is -1.10. The summed E-state index contributed by atoms with van der Waals surface area (Å²) in [5.74, 6) is -1.36. The zero-order valence-electron chi connectivity index (χ0n) is 8.23. The molecule has 1 atom stereocenters. The maximum Gasteiger partial charge on any atom is 0.308 e. The Labute approximate surface area is 82.6 Å².